The van der Waals surface area contributed by atoms with Crippen LogP contribution in [0.15, 0.2) is 30.4 Å². The van der Waals surface area contributed by atoms with Crippen molar-refractivity contribution in [2.24, 2.45) is 17.8 Å². The molecular formula is C29H42F2O. The van der Waals surface area contributed by atoms with E-state index in [-0.39, 0.29) is 5.75 Å². The molecule has 2 aliphatic rings. The summed E-state index contributed by atoms with van der Waals surface area (Å²) in [6.07, 6.45) is 22.0. The maximum Gasteiger partial charge on any atom is 0.201 e. The van der Waals surface area contributed by atoms with Crippen molar-refractivity contribution in [2.45, 2.75) is 97.3 Å². The molecule has 1 aromatic carbocycles. The van der Waals surface area contributed by atoms with Gasteiger partial charge in [0, 0.05) is 5.56 Å². The smallest absolute Gasteiger partial charge is 0.201 e. The number of halogens is 2. The molecule has 2 aliphatic carbocycles. The number of allylic oxidation sites excluding steroid dienone is 4. The summed E-state index contributed by atoms with van der Waals surface area (Å²) in [5.41, 5.74) is 1.38. The number of ether oxygens (including phenoxy) is 1. The van der Waals surface area contributed by atoms with Crippen LogP contribution in [-0.2, 0) is 0 Å². The summed E-state index contributed by atoms with van der Waals surface area (Å²) < 4.78 is 34.6. The van der Waals surface area contributed by atoms with E-state index in [1.807, 2.05) is 6.92 Å². The zero-order valence-corrected chi connectivity index (χ0v) is 20.2. The first kappa shape index (κ1) is 25.0. The lowest BCUT2D eigenvalue weighted by atomic mass is 9.70. The Labute approximate surface area is 194 Å². The molecule has 0 heterocycles. The summed E-state index contributed by atoms with van der Waals surface area (Å²) in [5.74, 6) is 0.833. The van der Waals surface area contributed by atoms with Crippen molar-refractivity contribution in [1.82, 2.24) is 0 Å². The Balaban J connectivity index is 1.48. The molecule has 1 fully saturated rings. The molecule has 0 aliphatic heterocycles. The van der Waals surface area contributed by atoms with Gasteiger partial charge in [0.2, 0.25) is 5.82 Å². The second-order valence-electron chi connectivity index (χ2n) is 9.82. The first-order chi connectivity index (χ1) is 15.6. The quantitative estimate of drug-likeness (QED) is 0.244. The minimum absolute atomic E-state index is 0.0339. The molecule has 178 valence electrons. The molecule has 0 radical (unpaired) electrons. The van der Waals surface area contributed by atoms with E-state index in [0.29, 0.717) is 18.1 Å². The maximum atomic E-state index is 14.7. The fraction of sp³-hybridized carbons (Fsp3) is 0.655. The van der Waals surface area contributed by atoms with Gasteiger partial charge in [-0.15, -0.1) is 0 Å². The lowest BCUT2D eigenvalue weighted by molar-refractivity contribution is 0.190. The highest BCUT2D eigenvalue weighted by Crippen LogP contribution is 2.42. The highest BCUT2D eigenvalue weighted by atomic mass is 19.2. The summed E-state index contributed by atoms with van der Waals surface area (Å²) >= 11 is 0. The van der Waals surface area contributed by atoms with Crippen molar-refractivity contribution in [2.75, 3.05) is 6.61 Å². The van der Waals surface area contributed by atoms with Crippen LogP contribution in [0.1, 0.15) is 103 Å². The van der Waals surface area contributed by atoms with Crippen molar-refractivity contribution < 1.29 is 13.5 Å². The van der Waals surface area contributed by atoms with Gasteiger partial charge < -0.3 is 4.74 Å². The lowest BCUT2D eigenvalue weighted by Gasteiger charge is -2.35. The fourth-order valence-electron chi connectivity index (χ4n) is 5.43. The van der Waals surface area contributed by atoms with Gasteiger partial charge in [-0.2, -0.15) is 4.39 Å². The Morgan fingerprint density at radius 2 is 1.69 bits per heavy atom. The van der Waals surface area contributed by atoms with Crippen LogP contribution in [-0.4, -0.2) is 6.61 Å². The number of unbranched alkanes of at least 4 members (excludes halogenated alkanes) is 2. The van der Waals surface area contributed by atoms with Crippen molar-refractivity contribution in [3.63, 3.8) is 0 Å². The molecule has 0 N–H and O–H groups in total. The summed E-state index contributed by atoms with van der Waals surface area (Å²) in [7, 11) is 0. The van der Waals surface area contributed by atoms with E-state index in [2.05, 4.69) is 25.2 Å². The third-order valence-corrected chi connectivity index (χ3v) is 7.52. The molecule has 0 bridgehead atoms. The van der Waals surface area contributed by atoms with Gasteiger partial charge in [0.05, 0.1) is 6.61 Å². The molecule has 32 heavy (non-hydrogen) atoms. The van der Waals surface area contributed by atoms with Gasteiger partial charge in [-0.3, -0.25) is 0 Å². The standard InChI is InChI=1S/C29H42F2O/c1-3-5-7-8-9-10-22-11-13-23(14-12-22)24-15-17-25(18-16-24)26-19-20-27(29(31)28(26)30)32-21-6-4-2/h7-8,17,19-20,22-24H,3-6,9-16,18,21H2,1-2H3. The predicted octanol–water partition coefficient (Wildman–Crippen LogP) is 9.27. The Morgan fingerprint density at radius 3 is 2.38 bits per heavy atom. The van der Waals surface area contributed by atoms with Crippen molar-refractivity contribution >= 4 is 5.57 Å². The summed E-state index contributed by atoms with van der Waals surface area (Å²) in [4.78, 5) is 0. The molecule has 1 unspecified atom stereocenters. The van der Waals surface area contributed by atoms with Gasteiger partial charge in [-0.1, -0.05) is 57.8 Å². The van der Waals surface area contributed by atoms with Gasteiger partial charge in [0.25, 0.3) is 0 Å². The Morgan fingerprint density at radius 1 is 0.906 bits per heavy atom. The molecular weight excluding hydrogens is 402 g/mol. The van der Waals surface area contributed by atoms with E-state index >= 15 is 0 Å². The van der Waals surface area contributed by atoms with Gasteiger partial charge in [0.15, 0.2) is 11.6 Å². The van der Waals surface area contributed by atoms with Crippen LogP contribution >= 0.6 is 0 Å². The minimum Gasteiger partial charge on any atom is -0.490 e. The Hall–Kier alpha value is -1.64. The molecule has 1 nitrogen and oxygen atoms in total. The zero-order valence-electron chi connectivity index (χ0n) is 20.2. The molecule has 1 saturated carbocycles. The molecule has 0 saturated heterocycles. The van der Waals surface area contributed by atoms with E-state index < -0.39 is 11.6 Å². The van der Waals surface area contributed by atoms with Crippen LogP contribution in [0.3, 0.4) is 0 Å². The van der Waals surface area contributed by atoms with E-state index in [1.54, 1.807) is 12.1 Å². The first-order valence-electron chi connectivity index (χ1n) is 13.1. The SMILES string of the molecule is CCCC=CCCC1CCC(C2CC=C(c3ccc(OCCCC)c(F)c3F)CC2)CC1. The van der Waals surface area contributed by atoms with Crippen LogP contribution in [0.25, 0.3) is 5.57 Å². The normalized spacial score (nSPS) is 24.0. The number of hydrogen-bond acceptors (Lipinski definition) is 1. The summed E-state index contributed by atoms with van der Waals surface area (Å²) in [5, 5.41) is 0. The predicted molar refractivity (Wildman–Crippen MR) is 131 cm³/mol. The van der Waals surface area contributed by atoms with Crippen molar-refractivity contribution in [3.05, 3.63) is 47.6 Å². The molecule has 0 amide bonds. The van der Waals surface area contributed by atoms with Crippen LogP contribution in [0.2, 0.25) is 0 Å². The summed E-state index contributed by atoms with van der Waals surface area (Å²) in [6.45, 7) is 4.70. The molecule has 1 aromatic rings. The summed E-state index contributed by atoms with van der Waals surface area (Å²) in [6, 6.07) is 3.29. The van der Waals surface area contributed by atoms with Crippen LogP contribution in [0.5, 0.6) is 5.75 Å². The monoisotopic (exact) mass is 444 g/mol. The van der Waals surface area contributed by atoms with E-state index in [0.717, 1.165) is 49.5 Å². The number of rotatable bonds is 11. The molecule has 0 aromatic heterocycles. The van der Waals surface area contributed by atoms with Crippen LogP contribution < -0.4 is 4.74 Å². The second-order valence-corrected chi connectivity index (χ2v) is 9.82. The lowest BCUT2D eigenvalue weighted by Crippen LogP contribution is -2.23. The Kier molecular flexibility index (Phi) is 10.3. The molecule has 3 rings (SSSR count). The van der Waals surface area contributed by atoms with E-state index in [1.165, 1.54) is 51.4 Å². The van der Waals surface area contributed by atoms with Crippen LogP contribution in [0, 0.1) is 29.4 Å². The van der Waals surface area contributed by atoms with Gasteiger partial charge in [-0.05, 0) is 93.2 Å². The molecule has 0 spiro atoms. The van der Waals surface area contributed by atoms with Gasteiger partial charge in [0.1, 0.15) is 0 Å². The largest absolute Gasteiger partial charge is 0.490 e. The first-order valence-corrected chi connectivity index (χ1v) is 13.1. The highest BCUT2D eigenvalue weighted by Gasteiger charge is 2.29. The van der Waals surface area contributed by atoms with Gasteiger partial charge in [-0.25, -0.2) is 4.39 Å². The minimum atomic E-state index is -0.843. The topological polar surface area (TPSA) is 9.23 Å². The van der Waals surface area contributed by atoms with Crippen LogP contribution in [0.4, 0.5) is 8.78 Å². The average molecular weight is 445 g/mol. The average Bonchev–Trinajstić information content (AvgIpc) is 2.82. The van der Waals surface area contributed by atoms with Gasteiger partial charge >= 0.3 is 0 Å². The highest BCUT2D eigenvalue weighted by molar-refractivity contribution is 5.67. The molecule has 3 heteroatoms. The third-order valence-electron chi connectivity index (χ3n) is 7.52. The zero-order chi connectivity index (χ0) is 22.8. The maximum absolute atomic E-state index is 14.7. The number of benzene rings is 1. The molecule has 1 atom stereocenters. The fourth-order valence-corrected chi connectivity index (χ4v) is 5.43. The van der Waals surface area contributed by atoms with Crippen molar-refractivity contribution in [1.29, 1.82) is 0 Å². The second kappa shape index (κ2) is 13.2. The van der Waals surface area contributed by atoms with Crippen molar-refractivity contribution in [3.8, 4) is 5.75 Å². The third kappa shape index (κ3) is 6.93. The van der Waals surface area contributed by atoms with E-state index in [4.69, 9.17) is 4.74 Å². The Bertz CT molecular complexity index is 759. The van der Waals surface area contributed by atoms with E-state index in [9.17, 15) is 8.78 Å². The number of hydrogen-bond donors (Lipinski definition) is 0.